The Balaban J connectivity index is 2.53. The van der Waals surface area contributed by atoms with E-state index >= 15 is 0 Å². The molecule has 1 aromatic carbocycles. The Kier molecular flexibility index (Phi) is 2.25. The van der Waals surface area contributed by atoms with Gasteiger partial charge in [-0.2, -0.15) is 5.10 Å². The Bertz CT molecular complexity index is 410. The van der Waals surface area contributed by atoms with Crippen LogP contribution in [0.2, 0.25) is 10.0 Å². The maximum Gasteiger partial charge on any atom is 0.0935 e. The van der Waals surface area contributed by atoms with Crippen LogP contribution >= 0.6 is 23.2 Å². The molecule has 66 valence electrons. The molecule has 1 N–H and O–H groups in total. The molecule has 0 fully saturated rings. The summed E-state index contributed by atoms with van der Waals surface area (Å²) in [6.45, 7) is 0. The lowest BCUT2D eigenvalue weighted by Crippen LogP contribution is -1.79. The standard InChI is InChI=1S/C9H6Cl2N2/c10-6-1-2-7(8(11)5-6)9-3-4-12-13-9/h1-5H,(H,12,13). The smallest absolute Gasteiger partial charge is 0.0935 e. The predicted octanol–water partition coefficient (Wildman–Crippen LogP) is 3.38. The zero-order valence-corrected chi connectivity index (χ0v) is 8.10. The number of aromatic amines is 1. The van der Waals surface area contributed by atoms with Crippen LogP contribution in [0.1, 0.15) is 0 Å². The number of benzene rings is 1. The van der Waals surface area contributed by atoms with Crippen molar-refractivity contribution in [2.24, 2.45) is 0 Å². The number of aromatic nitrogens is 2. The summed E-state index contributed by atoms with van der Waals surface area (Å²) < 4.78 is 0. The lowest BCUT2D eigenvalue weighted by molar-refractivity contribution is 1.10. The molecule has 0 aliphatic carbocycles. The summed E-state index contributed by atoms with van der Waals surface area (Å²) in [5, 5.41) is 7.99. The van der Waals surface area contributed by atoms with Gasteiger partial charge >= 0.3 is 0 Å². The molecule has 0 aliphatic rings. The fourth-order valence-corrected chi connectivity index (χ4v) is 1.61. The molecule has 1 heterocycles. The minimum Gasteiger partial charge on any atom is -0.285 e. The van der Waals surface area contributed by atoms with Crippen LogP contribution in [0.15, 0.2) is 30.5 Å². The van der Waals surface area contributed by atoms with Gasteiger partial charge in [0.15, 0.2) is 0 Å². The summed E-state index contributed by atoms with van der Waals surface area (Å²) in [4.78, 5) is 0. The van der Waals surface area contributed by atoms with E-state index in [4.69, 9.17) is 23.2 Å². The summed E-state index contributed by atoms with van der Waals surface area (Å²) >= 11 is 11.7. The SMILES string of the molecule is Clc1ccc(-c2cc[nH]n2)c(Cl)c1. The predicted molar refractivity (Wildman–Crippen MR) is 54.0 cm³/mol. The van der Waals surface area contributed by atoms with Crippen molar-refractivity contribution in [3.05, 3.63) is 40.5 Å². The molecule has 0 atom stereocenters. The highest BCUT2D eigenvalue weighted by atomic mass is 35.5. The molecule has 2 rings (SSSR count). The first-order valence-corrected chi connectivity index (χ1v) is 4.48. The zero-order valence-electron chi connectivity index (χ0n) is 6.59. The molecule has 0 saturated carbocycles. The number of halogens is 2. The molecule has 2 aromatic rings. The average Bonchev–Trinajstić information content (AvgIpc) is 2.56. The molecule has 0 unspecified atom stereocenters. The Morgan fingerprint density at radius 3 is 2.62 bits per heavy atom. The van der Waals surface area contributed by atoms with Crippen molar-refractivity contribution >= 4 is 23.2 Å². The summed E-state index contributed by atoms with van der Waals surface area (Å²) in [6, 6.07) is 7.19. The van der Waals surface area contributed by atoms with Crippen LogP contribution in [-0.2, 0) is 0 Å². The van der Waals surface area contributed by atoms with Crippen LogP contribution in [-0.4, -0.2) is 10.2 Å². The molecule has 1 aromatic heterocycles. The third-order valence-electron chi connectivity index (χ3n) is 1.71. The number of rotatable bonds is 1. The molecular weight excluding hydrogens is 207 g/mol. The second-order valence-electron chi connectivity index (χ2n) is 2.58. The van der Waals surface area contributed by atoms with Gasteiger partial charge in [0, 0.05) is 16.8 Å². The molecule has 0 spiro atoms. The fourth-order valence-electron chi connectivity index (χ4n) is 1.11. The van der Waals surface area contributed by atoms with Gasteiger partial charge in [0.05, 0.1) is 10.7 Å². The number of nitrogens with zero attached hydrogens (tertiary/aromatic N) is 1. The van der Waals surface area contributed by atoms with Crippen molar-refractivity contribution in [3.8, 4) is 11.3 Å². The minimum absolute atomic E-state index is 0.611. The van der Waals surface area contributed by atoms with Gasteiger partial charge in [-0.1, -0.05) is 23.2 Å². The van der Waals surface area contributed by atoms with E-state index in [9.17, 15) is 0 Å². The molecule has 2 nitrogen and oxygen atoms in total. The summed E-state index contributed by atoms with van der Waals surface area (Å²) in [7, 11) is 0. The van der Waals surface area contributed by atoms with E-state index in [1.807, 2.05) is 12.1 Å². The molecule has 0 amide bonds. The zero-order chi connectivity index (χ0) is 9.26. The summed E-state index contributed by atoms with van der Waals surface area (Å²) in [5.41, 5.74) is 1.70. The maximum atomic E-state index is 5.98. The molecule has 0 aliphatic heterocycles. The molecule has 0 radical (unpaired) electrons. The number of hydrogen-bond donors (Lipinski definition) is 1. The molecule has 0 bridgehead atoms. The molecule has 13 heavy (non-hydrogen) atoms. The molecule has 4 heteroatoms. The van der Waals surface area contributed by atoms with Gasteiger partial charge in [-0.15, -0.1) is 0 Å². The number of nitrogens with one attached hydrogen (secondary N) is 1. The molecule has 0 saturated heterocycles. The highest BCUT2D eigenvalue weighted by Gasteiger charge is 2.04. The van der Waals surface area contributed by atoms with E-state index < -0.39 is 0 Å². The van der Waals surface area contributed by atoms with Gasteiger partial charge in [0.25, 0.3) is 0 Å². The van der Waals surface area contributed by atoms with Crippen molar-refractivity contribution in [1.29, 1.82) is 0 Å². The first-order chi connectivity index (χ1) is 6.27. The van der Waals surface area contributed by atoms with Gasteiger partial charge in [0.2, 0.25) is 0 Å². The minimum atomic E-state index is 0.611. The van der Waals surface area contributed by atoms with Gasteiger partial charge in [-0.05, 0) is 24.3 Å². The van der Waals surface area contributed by atoms with Crippen molar-refractivity contribution < 1.29 is 0 Å². The van der Waals surface area contributed by atoms with Crippen LogP contribution in [0.5, 0.6) is 0 Å². The molecular formula is C9H6Cl2N2. The Morgan fingerprint density at radius 1 is 1.15 bits per heavy atom. The Labute approximate surface area is 85.5 Å². The van der Waals surface area contributed by atoms with E-state index in [0.717, 1.165) is 11.3 Å². The second-order valence-corrected chi connectivity index (χ2v) is 3.43. The number of H-pyrrole nitrogens is 1. The largest absolute Gasteiger partial charge is 0.285 e. The van der Waals surface area contributed by atoms with E-state index in [2.05, 4.69) is 10.2 Å². The topological polar surface area (TPSA) is 28.7 Å². The monoisotopic (exact) mass is 212 g/mol. The summed E-state index contributed by atoms with van der Waals surface area (Å²) in [5.74, 6) is 0. The summed E-state index contributed by atoms with van der Waals surface area (Å²) in [6.07, 6.45) is 1.75. The quantitative estimate of drug-likeness (QED) is 0.772. The lowest BCUT2D eigenvalue weighted by atomic mass is 10.1. The Morgan fingerprint density at radius 2 is 2.00 bits per heavy atom. The highest BCUT2D eigenvalue weighted by Crippen LogP contribution is 2.28. The van der Waals surface area contributed by atoms with Gasteiger partial charge in [-0.3, -0.25) is 5.10 Å². The van der Waals surface area contributed by atoms with Gasteiger partial charge in [-0.25, -0.2) is 0 Å². The van der Waals surface area contributed by atoms with Crippen molar-refractivity contribution in [3.63, 3.8) is 0 Å². The van der Waals surface area contributed by atoms with E-state index in [-0.39, 0.29) is 0 Å². The van der Waals surface area contributed by atoms with Crippen molar-refractivity contribution in [2.45, 2.75) is 0 Å². The average molecular weight is 213 g/mol. The fraction of sp³-hybridized carbons (Fsp3) is 0. The lowest BCUT2D eigenvalue weighted by Gasteiger charge is -1.99. The van der Waals surface area contributed by atoms with Crippen LogP contribution in [0.25, 0.3) is 11.3 Å². The number of hydrogen-bond acceptors (Lipinski definition) is 1. The van der Waals surface area contributed by atoms with Gasteiger partial charge < -0.3 is 0 Å². The Hall–Kier alpha value is -0.990. The highest BCUT2D eigenvalue weighted by molar-refractivity contribution is 6.36. The van der Waals surface area contributed by atoms with Crippen LogP contribution in [0.4, 0.5) is 0 Å². The second kappa shape index (κ2) is 3.40. The first-order valence-electron chi connectivity index (χ1n) is 3.72. The van der Waals surface area contributed by atoms with Gasteiger partial charge in [0.1, 0.15) is 0 Å². The van der Waals surface area contributed by atoms with Crippen LogP contribution < -0.4 is 0 Å². The third-order valence-corrected chi connectivity index (χ3v) is 2.26. The van der Waals surface area contributed by atoms with E-state index in [0.29, 0.717) is 10.0 Å². The maximum absolute atomic E-state index is 5.98. The van der Waals surface area contributed by atoms with E-state index in [1.54, 1.807) is 18.3 Å². The first kappa shape index (κ1) is 8.60. The van der Waals surface area contributed by atoms with Crippen molar-refractivity contribution in [1.82, 2.24) is 10.2 Å². The van der Waals surface area contributed by atoms with E-state index in [1.165, 1.54) is 0 Å². The normalized spacial score (nSPS) is 10.3. The van der Waals surface area contributed by atoms with Crippen LogP contribution in [0.3, 0.4) is 0 Å². The van der Waals surface area contributed by atoms with Crippen molar-refractivity contribution in [2.75, 3.05) is 0 Å². The van der Waals surface area contributed by atoms with Crippen LogP contribution in [0, 0.1) is 0 Å². The third kappa shape index (κ3) is 1.69.